The van der Waals surface area contributed by atoms with Crippen LogP contribution in [-0.2, 0) is 9.84 Å². The van der Waals surface area contributed by atoms with Crippen molar-refractivity contribution < 1.29 is 18.1 Å². The number of nitrogens with one attached hydrogen (secondary N) is 1. The zero-order valence-corrected chi connectivity index (χ0v) is 13.1. The number of hydrogen-bond donors (Lipinski definition) is 1. The first-order valence-electron chi connectivity index (χ1n) is 6.71. The van der Waals surface area contributed by atoms with E-state index in [1.54, 1.807) is 4.90 Å². The Morgan fingerprint density at radius 2 is 2.09 bits per heavy atom. The summed E-state index contributed by atoms with van der Waals surface area (Å²) in [5.41, 5.74) is -0.391. The third kappa shape index (κ3) is 3.42. The minimum Gasteiger partial charge on any atom is -0.333 e. The van der Waals surface area contributed by atoms with Crippen molar-refractivity contribution in [1.82, 2.24) is 10.2 Å². The molecule has 1 heterocycles. The smallest absolute Gasteiger partial charge is 0.271 e. The van der Waals surface area contributed by atoms with Crippen LogP contribution in [0.2, 0.25) is 0 Å². The van der Waals surface area contributed by atoms with Crippen molar-refractivity contribution in [2.45, 2.75) is 17.9 Å². The molecule has 1 aliphatic rings. The lowest BCUT2D eigenvalue weighted by atomic mass is 10.1. The summed E-state index contributed by atoms with van der Waals surface area (Å²) >= 11 is 0. The normalized spacial score (nSPS) is 19.0. The molecule has 0 saturated carbocycles. The van der Waals surface area contributed by atoms with Crippen molar-refractivity contribution in [3.8, 4) is 0 Å². The second-order valence-corrected chi connectivity index (χ2v) is 7.31. The summed E-state index contributed by atoms with van der Waals surface area (Å²) in [6.45, 7) is 3.58. The Labute approximate surface area is 128 Å². The molecule has 1 aromatic rings. The molecule has 1 aromatic carbocycles. The van der Waals surface area contributed by atoms with E-state index in [4.69, 9.17) is 0 Å². The molecule has 0 aromatic heterocycles. The molecule has 1 fully saturated rings. The molecule has 22 heavy (non-hydrogen) atoms. The van der Waals surface area contributed by atoms with Gasteiger partial charge >= 0.3 is 0 Å². The number of nitro groups is 1. The molecule has 0 radical (unpaired) electrons. The Balaban J connectivity index is 2.47. The number of benzene rings is 1. The molecule has 120 valence electrons. The lowest BCUT2D eigenvalue weighted by molar-refractivity contribution is -0.385. The maximum atomic E-state index is 12.5. The number of nitro benzene ring substituents is 1. The first-order valence-corrected chi connectivity index (χ1v) is 8.60. The van der Waals surface area contributed by atoms with E-state index < -0.39 is 26.4 Å². The second-order valence-electron chi connectivity index (χ2n) is 5.30. The van der Waals surface area contributed by atoms with Crippen LogP contribution in [0.1, 0.15) is 17.3 Å². The summed E-state index contributed by atoms with van der Waals surface area (Å²) in [7, 11) is -3.65. The van der Waals surface area contributed by atoms with Crippen LogP contribution in [0.25, 0.3) is 0 Å². The maximum Gasteiger partial charge on any atom is 0.271 e. The van der Waals surface area contributed by atoms with E-state index in [1.807, 2.05) is 6.92 Å². The van der Waals surface area contributed by atoms with Crippen LogP contribution in [0.5, 0.6) is 0 Å². The van der Waals surface area contributed by atoms with Gasteiger partial charge in [0.05, 0.1) is 9.82 Å². The molecular formula is C13H17N3O5S. The van der Waals surface area contributed by atoms with Crippen molar-refractivity contribution in [2.75, 3.05) is 25.9 Å². The molecule has 0 spiro atoms. The Morgan fingerprint density at radius 3 is 2.64 bits per heavy atom. The van der Waals surface area contributed by atoms with Gasteiger partial charge in [0.2, 0.25) is 0 Å². The van der Waals surface area contributed by atoms with Crippen molar-refractivity contribution in [3.63, 3.8) is 0 Å². The van der Waals surface area contributed by atoms with Gasteiger partial charge in [-0.25, -0.2) is 8.42 Å². The lowest BCUT2D eigenvalue weighted by Crippen LogP contribution is -2.52. The highest BCUT2D eigenvalue weighted by atomic mass is 32.2. The van der Waals surface area contributed by atoms with E-state index in [-0.39, 0.29) is 16.5 Å². The van der Waals surface area contributed by atoms with E-state index in [9.17, 15) is 23.3 Å². The van der Waals surface area contributed by atoms with Crippen LogP contribution in [-0.4, -0.2) is 56.1 Å². The number of sulfone groups is 1. The van der Waals surface area contributed by atoms with Gasteiger partial charge in [-0.2, -0.15) is 0 Å². The van der Waals surface area contributed by atoms with Gasteiger partial charge in [0.15, 0.2) is 9.84 Å². The minimum absolute atomic E-state index is 0.0170. The van der Waals surface area contributed by atoms with E-state index in [0.29, 0.717) is 19.6 Å². The molecule has 9 heteroatoms. The molecule has 2 rings (SSSR count). The van der Waals surface area contributed by atoms with Gasteiger partial charge in [-0.3, -0.25) is 14.9 Å². The highest BCUT2D eigenvalue weighted by Crippen LogP contribution is 2.22. The zero-order valence-electron chi connectivity index (χ0n) is 12.3. The number of amides is 1. The summed E-state index contributed by atoms with van der Waals surface area (Å²) in [5, 5.41) is 14.1. The maximum absolute atomic E-state index is 12.5. The van der Waals surface area contributed by atoms with Gasteiger partial charge in [0.1, 0.15) is 0 Å². The lowest BCUT2D eigenvalue weighted by Gasteiger charge is -2.34. The second kappa shape index (κ2) is 6.01. The number of rotatable bonds is 3. The molecule has 8 nitrogen and oxygen atoms in total. The fraction of sp³-hybridized carbons (Fsp3) is 0.462. The fourth-order valence-electron chi connectivity index (χ4n) is 2.33. The topological polar surface area (TPSA) is 110 Å². The monoisotopic (exact) mass is 327 g/mol. The van der Waals surface area contributed by atoms with Gasteiger partial charge in [-0.15, -0.1) is 0 Å². The third-order valence-corrected chi connectivity index (χ3v) is 4.63. The molecule has 0 bridgehead atoms. The largest absolute Gasteiger partial charge is 0.333 e. The van der Waals surface area contributed by atoms with Gasteiger partial charge < -0.3 is 10.2 Å². The molecule has 1 amide bonds. The van der Waals surface area contributed by atoms with Gasteiger partial charge in [0, 0.05) is 49.6 Å². The van der Waals surface area contributed by atoms with Crippen molar-refractivity contribution in [1.29, 1.82) is 0 Å². The molecule has 1 saturated heterocycles. The summed E-state index contributed by atoms with van der Waals surface area (Å²) in [6.07, 6.45) is 0.952. The predicted octanol–water partition coefficient (Wildman–Crippen LogP) is 0.432. The number of non-ortho nitro benzene ring substituents is 1. The highest BCUT2D eigenvalue weighted by molar-refractivity contribution is 7.90. The highest BCUT2D eigenvalue weighted by Gasteiger charge is 2.26. The van der Waals surface area contributed by atoms with Crippen LogP contribution in [0, 0.1) is 10.1 Å². The van der Waals surface area contributed by atoms with E-state index in [0.717, 1.165) is 18.4 Å². The number of hydrogen-bond acceptors (Lipinski definition) is 6. The van der Waals surface area contributed by atoms with Crippen molar-refractivity contribution >= 4 is 21.4 Å². The molecule has 0 unspecified atom stereocenters. The quantitative estimate of drug-likeness (QED) is 0.637. The Bertz CT molecular complexity index is 716. The van der Waals surface area contributed by atoms with E-state index in [1.165, 1.54) is 6.07 Å². The summed E-state index contributed by atoms with van der Waals surface area (Å²) in [6, 6.07) is 3.21. The van der Waals surface area contributed by atoms with E-state index in [2.05, 4.69) is 5.32 Å². The number of nitrogens with zero attached hydrogens (tertiary/aromatic N) is 2. The number of carbonyl (C=O) groups excluding carboxylic acids is 1. The summed E-state index contributed by atoms with van der Waals surface area (Å²) in [5.74, 6) is -0.400. The van der Waals surface area contributed by atoms with Gasteiger partial charge in [-0.05, 0) is 13.0 Å². The predicted molar refractivity (Wildman–Crippen MR) is 79.6 cm³/mol. The molecule has 1 N–H and O–H groups in total. The summed E-state index contributed by atoms with van der Waals surface area (Å²) < 4.78 is 23.3. The first kappa shape index (κ1) is 16.4. The van der Waals surface area contributed by atoms with Crippen LogP contribution in [0.15, 0.2) is 23.1 Å². The third-order valence-electron chi connectivity index (χ3n) is 3.54. The molecule has 1 atom stereocenters. The number of carbonyl (C=O) groups is 1. The van der Waals surface area contributed by atoms with Crippen molar-refractivity contribution in [3.05, 3.63) is 33.9 Å². The molecule has 1 aliphatic heterocycles. The summed E-state index contributed by atoms with van der Waals surface area (Å²) in [4.78, 5) is 24.2. The average molecular weight is 327 g/mol. The Morgan fingerprint density at radius 1 is 1.41 bits per heavy atom. The SMILES string of the molecule is C[C@H]1CNCCN1C(=O)c1cc([N+](=O)[O-])cc(S(C)(=O)=O)c1. The van der Waals surface area contributed by atoms with Crippen molar-refractivity contribution in [2.24, 2.45) is 0 Å². The van der Waals surface area contributed by atoms with Crippen LogP contribution in [0.3, 0.4) is 0 Å². The average Bonchev–Trinajstić information content (AvgIpc) is 2.45. The fourth-order valence-corrected chi connectivity index (χ4v) is 3.01. The Hall–Kier alpha value is -2.00. The molecule has 0 aliphatic carbocycles. The molecular weight excluding hydrogens is 310 g/mol. The van der Waals surface area contributed by atoms with Gasteiger partial charge in [0.25, 0.3) is 11.6 Å². The zero-order chi connectivity index (χ0) is 16.5. The number of piperazine rings is 1. The van der Waals surface area contributed by atoms with Crippen LogP contribution >= 0.6 is 0 Å². The van der Waals surface area contributed by atoms with Crippen LogP contribution in [0.4, 0.5) is 5.69 Å². The minimum atomic E-state index is -3.65. The van der Waals surface area contributed by atoms with E-state index >= 15 is 0 Å². The standard InChI is InChI=1S/C13H17N3O5S/c1-9-8-14-3-4-15(9)13(17)10-5-11(16(18)19)7-12(6-10)22(2,20)21/h5-7,9,14H,3-4,8H2,1-2H3/t9-/m0/s1. The van der Waals surface area contributed by atoms with Crippen LogP contribution < -0.4 is 5.32 Å². The first-order chi connectivity index (χ1) is 10.2. The Kier molecular flexibility index (Phi) is 4.47. The van der Waals surface area contributed by atoms with Gasteiger partial charge in [-0.1, -0.05) is 0 Å².